The van der Waals surface area contributed by atoms with E-state index in [4.69, 9.17) is 0 Å². The van der Waals surface area contributed by atoms with Gasteiger partial charge in [-0.2, -0.15) is 5.10 Å². The minimum absolute atomic E-state index is 0.0674. The molecule has 0 aliphatic heterocycles. The molecule has 6 heteroatoms. The molecule has 1 aliphatic rings. The van der Waals surface area contributed by atoms with Crippen LogP contribution in [0.4, 0.5) is 5.82 Å². The molecule has 1 fully saturated rings. The summed E-state index contributed by atoms with van der Waals surface area (Å²) in [7, 11) is 0. The highest BCUT2D eigenvalue weighted by atomic mass is 79.9. The van der Waals surface area contributed by atoms with Crippen molar-refractivity contribution in [2.45, 2.75) is 19.3 Å². The maximum absolute atomic E-state index is 12.1. The normalized spacial score (nSPS) is 21.9. The number of halogens is 1. The lowest BCUT2D eigenvalue weighted by atomic mass is 10.2. The van der Waals surface area contributed by atoms with E-state index in [1.165, 1.54) is 10.4 Å². The van der Waals surface area contributed by atoms with Gasteiger partial charge in [0, 0.05) is 16.7 Å². The SMILES string of the molecule is Cc1ccsc1C1CC1C(=O)Nc1[nH]ncc1Br. The van der Waals surface area contributed by atoms with E-state index >= 15 is 0 Å². The summed E-state index contributed by atoms with van der Waals surface area (Å²) < 4.78 is 0.778. The molecule has 94 valence electrons. The predicted octanol–water partition coefficient (Wildman–Crippen LogP) is 3.28. The second-order valence-corrected chi connectivity index (χ2v) is 6.30. The second kappa shape index (κ2) is 4.51. The lowest BCUT2D eigenvalue weighted by Gasteiger charge is -2.02. The highest BCUT2D eigenvalue weighted by Crippen LogP contribution is 2.50. The van der Waals surface area contributed by atoms with Crippen molar-refractivity contribution in [1.29, 1.82) is 0 Å². The van der Waals surface area contributed by atoms with Gasteiger partial charge < -0.3 is 5.32 Å². The van der Waals surface area contributed by atoms with Crippen molar-refractivity contribution in [3.05, 3.63) is 32.6 Å². The van der Waals surface area contributed by atoms with Gasteiger partial charge in [-0.1, -0.05) is 0 Å². The first-order valence-corrected chi connectivity index (χ1v) is 7.38. The first kappa shape index (κ1) is 11.9. The quantitative estimate of drug-likeness (QED) is 0.909. The van der Waals surface area contributed by atoms with E-state index < -0.39 is 0 Å². The van der Waals surface area contributed by atoms with Gasteiger partial charge in [0.25, 0.3) is 0 Å². The number of thiophene rings is 1. The van der Waals surface area contributed by atoms with Gasteiger partial charge in [-0.05, 0) is 46.3 Å². The van der Waals surface area contributed by atoms with Crippen molar-refractivity contribution in [2.75, 3.05) is 5.32 Å². The Balaban J connectivity index is 1.67. The maximum Gasteiger partial charge on any atom is 0.229 e. The Kier molecular flexibility index (Phi) is 2.99. The number of nitrogens with zero attached hydrogens (tertiary/aromatic N) is 1. The summed E-state index contributed by atoms with van der Waals surface area (Å²) in [4.78, 5) is 13.4. The molecule has 2 atom stereocenters. The minimum atomic E-state index is 0.0674. The van der Waals surface area contributed by atoms with E-state index in [1.807, 2.05) is 0 Å². The van der Waals surface area contributed by atoms with Crippen molar-refractivity contribution < 1.29 is 4.79 Å². The van der Waals surface area contributed by atoms with Gasteiger partial charge in [-0.15, -0.1) is 11.3 Å². The third-order valence-corrected chi connectivity index (χ3v) is 4.96. The summed E-state index contributed by atoms with van der Waals surface area (Å²) in [5.74, 6) is 1.19. The first-order valence-electron chi connectivity index (χ1n) is 5.70. The monoisotopic (exact) mass is 325 g/mol. The van der Waals surface area contributed by atoms with E-state index in [-0.39, 0.29) is 11.8 Å². The van der Waals surface area contributed by atoms with Crippen molar-refractivity contribution >= 4 is 39.0 Å². The van der Waals surface area contributed by atoms with Gasteiger partial charge in [0.2, 0.25) is 5.91 Å². The number of carbonyl (C=O) groups excluding carboxylic acids is 1. The topological polar surface area (TPSA) is 57.8 Å². The van der Waals surface area contributed by atoms with Gasteiger partial charge in [-0.25, -0.2) is 0 Å². The summed E-state index contributed by atoms with van der Waals surface area (Å²) in [5, 5.41) is 11.6. The molecule has 1 saturated carbocycles. The third kappa shape index (κ3) is 2.10. The number of hydrogen-bond acceptors (Lipinski definition) is 3. The number of aromatic nitrogens is 2. The number of aryl methyl sites for hydroxylation is 1. The molecule has 0 spiro atoms. The largest absolute Gasteiger partial charge is 0.310 e. The van der Waals surface area contributed by atoms with E-state index in [0.29, 0.717) is 11.7 Å². The number of amides is 1. The summed E-state index contributed by atoms with van der Waals surface area (Å²) in [6.45, 7) is 2.10. The van der Waals surface area contributed by atoms with Crippen LogP contribution in [-0.4, -0.2) is 16.1 Å². The highest BCUT2D eigenvalue weighted by Gasteiger charge is 2.45. The van der Waals surface area contributed by atoms with Crippen molar-refractivity contribution in [2.24, 2.45) is 5.92 Å². The second-order valence-electron chi connectivity index (χ2n) is 4.50. The molecule has 0 saturated heterocycles. The van der Waals surface area contributed by atoms with Crippen LogP contribution in [0.2, 0.25) is 0 Å². The maximum atomic E-state index is 12.1. The van der Waals surface area contributed by atoms with Gasteiger partial charge in [0.1, 0.15) is 5.82 Å². The zero-order valence-corrected chi connectivity index (χ0v) is 12.1. The average Bonchev–Trinajstić information content (AvgIpc) is 2.87. The molecule has 0 bridgehead atoms. The van der Waals surface area contributed by atoms with Crippen LogP contribution in [0.5, 0.6) is 0 Å². The molecule has 0 radical (unpaired) electrons. The molecule has 1 amide bonds. The number of H-pyrrole nitrogens is 1. The molecule has 4 nitrogen and oxygen atoms in total. The molecule has 2 aromatic rings. The van der Waals surface area contributed by atoms with Crippen LogP contribution in [0.15, 0.2) is 22.1 Å². The summed E-state index contributed by atoms with van der Waals surface area (Å²) in [6.07, 6.45) is 2.57. The number of hydrogen-bond donors (Lipinski definition) is 2. The lowest BCUT2D eigenvalue weighted by molar-refractivity contribution is -0.117. The van der Waals surface area contributed by atoms with Crippen molar-refractivity contribution in [3.8, 4) is 0 Å². The lowest BCUT2D eigenvalue weighted by Crippen LogP contribution is -2.15. The summed E-state index contributed by atoms with van der Waals surface area (Å²) >= 11 is 5.07. The zero-order chi connectivity index (χ0) is 12.7. The molecule has 3 rings (SSSR count). The van der Waals surface area contributed by atoms with Gasteiger partial charge in [0.05, 0.1) is 10.7 Å². The fourth-order valence-corrected chi connectivity index (χ4v) is 3.51. The standard InChI is InChI=1S/C12H12BrN3OS/c1-6-2-3-18-10(6)7-4-8(7)12(17)15-11-9(13)5-14-16-11/h2-3,5,7-8H,4H2,1H3,(H2,14,15,16,17). The fourth-order valence-electron chi connectivity index (χ4n) is 2.11. The smallest absolute Gasteiger partial charge is 0.229 e. The molecule has 0 aromatic carbocycles. The van der Waals surface area contributed by atoms with Crippen LogP contribution in [-0.2, 0) is 4.79 Å². The molecule has 2 heterocycles. The van der Waals surface area contributed by atoms with E-state index in [0.717, 1.165) is 10.9 Å². The Hall–Kier alpha value is -1.14. The molecule has 2 aromatic heterocycles. The van der Waals surface area contributed by atoms with Gasteiger partial charge in [-0.3, -0.25) is 9.89 Å². The summed E-state index contributed by atoms with van der Waals surface area (Å²) in [6, 6.07) is 2.11. The zero-order valence-electron chi connectivity index (χ0n) is 9.74. The van der Waals surface area contributed by atoms with Crippen LogP contribution in [0.25, 0.3) is 0 Å². The molecule has 18 heavy (non-hydrogen) atoms. The van der Waals surface area contributed by atoms with E-state index in [1.54, 1.807) is 17.5 Å². The molecular formula is C12H12BrN3OS. The summed E-state index contributed by atoms with van der Waals surface area (Å²) in [5.41, 5.74) is 1.29. The van der Waals surface area contributed by atoms with Crippen LogP contribution in [0, 0.1) is 12.8 Å². The number of anilines is 1. The Bertz CT molecular complexity index is 592. The van der Waals surface area contributed by atoms with Gasteiger partial charge in [0.15, 0.2) is 0 Å². The molecular weight excluding hydrogens is 314 g/mol. The molecule has 1 aliphatic carbocycles. The van der Waals surface area contributed by atoms with Crippen LogP contribution < -0.4 is 5.32 Å². The Morgan fingerprint density at radius 1 is 1.67 bits per heavy atom. The average molecular weight is 326 g/mol. The number of aromatic amines is 1. The Labute approximate surface area is 117 Å². The number of nitrogens with one attached hydrogen (secondary N) is 2. The fraction of sp³-hybridized carbons (Fsp3) is 0.333. The predicted molar refractivity (Wildman–Crippen MR) is 74.8 cm³/mol. The highest BCUT2D eigenvalue weighted by molar-refractivity contribution is 9.10. The number of carbonyl (C=O) groups is 1. The molecule has 2 N–H and O–H groups in total. The van der Waals surface area contributed by atoms with E-state index in [2.05, 4.69) is 49.8 Å². The Morgan fingerprint density at radius 2 is 2.50 bits per heavy atom. The molecule has 2 unspecified atom stereocenters. The van der Waals surface area contributed by atoms with Crippen molar-refractivity contribution in [3.63, 3.8) is 0 Å². The number of rotatable bonds is 3. The Morgan fingerprint density at radius 3 is 3.11 bits per heavy atom. The van der Waals surface area contributed by atoms with Crippen molar-refractivity contribution in [1.82, 2.24) is 10.2 Å². The first-order chi connectivity index (χ1) is 8.66. The van der Waals surface area contributed by atoms with Crippen LogP contribution in [0.1, 0.15) is 22.8 Å². The van der Waals surface area contributed by atoms with Gasteiger partial charge >= 0.3 is 0 Å². The third-order valence-electron chi connectivity index (χ3n) is 3.21. The minimum Gasteiger partial charge on any atom is -0.310 e. The van der Waals surface area contributed by atoms with E-state index in [9.17, 15) is 4.79 Å². The van der Waals surface area contributed by atoms with Crippen LogP contribution >= 0.6 is 27.3 Å². The van der Waals surface area contributed by atoms with Crippen LogP contribution in [0.3, 0.4) is 0 Å².